The van der Waals surface area contributed by atoms with Crippen LogP contribution >= 0.6 is 15.9 Å². The standard InChI is InChI=1S/C12H18BrNO2/c1-4-9(14-2)5-8-6-12(16-3)10(13)7-11(8)15/h6-7,9,14-15H,4-5H2,1-3H3. The van der Waals surface area contributed by atoms with Crippen molar-refractivity contribution >= 4 is 15.9 Å². The molecule has 4 heteroatoms. The molecule has 0 radical (unpaired) electrons. The van der Waals surface area contributed by atoms with Crippen LogP contribution in [0, 0.1) is 0 Å². The van der Waals surface area contributed by atoms with Crippen LogP contribution in [0.4, 0.5) is 0 Å². The molecule has 1 unspecified atom stereocenters. The minimum Gasteiger partial charge on any atom is -0.508 e. The molecule has 0 saturated carbocycles. The lowest BCUT2D eigenvalue weighted by Crippen LogP contribution is -2.26. The molecular formula is C12H18BrNO2. The van der Waals surface area contributed by atoms with Crippen LogP contribution in [0.15, 0.2) is 16.6 Å². The third-order valence-electron chi connectivity index (χ3n) is 2.72. The highest BCUT2D eigenvalue weighted by Crippen LogP contribution is 2.32. The van der Waals surface area contributed by atoms with E-state index < -0.39 is 0 Å². The summed E-state index contributed by atoms with van der Waals surface area (Å²) in [6.07, 6.45) is 1.82. The van der Waals surface area contributed by atoms with E-state index in [2.05, 4.69) is 28.2 Å². The number of hydrogen-bond donors (Lipinski definition) is 2. The largest absolute Gasteiger partial charge is 0.508 e. The van der Waals surface area contributed by atoms with E-state index in [4.69, 9.17) is 4.74 Å². The molecule has 0 aliphatic heterocycles. The van der Waals surface area contributed by atoms with Crippen molar-refractivity contribution in [2.45, 2.75) is 25.8 Å². The molecule has 3 nitrogen and oxygen atoms in total. The first-order valence-electron chi connectivity index (χ1n) is 5.35. The molecule has 0 fully saturated rings. The van der Waals surface area contributed by atoms with Gasteiger partial charge in [-0.2, -0.15) is 0 Å². The van der Waals surface area contributed by atoms with Gasteiger partial charge in [0.2, 0.25) is 0 Å². The quantitative estimate of drug-likeness (QED) is 0.875. The highest BCUT2D eigenvalue weighted by Gasteiger charge is 2.12. The second kappa shape index (κ2) is 6.11. The second-order valence-electron chi connectivity index (χ2n) is 3.71. The predicted octanol–water partition coefficient (Wildman–Crippen LogP) is 2.70. The average molecular weight is 288 g/mol. The normalized spacial score (nSPS) is 12.5. The summed E-state index contributed by atoms with van der Waals surface area (Å²) < 4.78 is 5.98. The van der Waals surface area contributed by atoms with E-state index in [0.717, 1.165) is 28.6 Å². The summed E-state index contributed by atoms with van der Waals surface area (Å²) in [6, 6.07) is 3.92. The number of rotatable bonds is 5. The number of nitrogens with one attached hydrogen (secondary N) is 1. The lowest BCUT2D eigenvalue weighted by atomic mass is 10.0. The Morgan fingerprint density at radius 1 is 1.50 bits per heavy atom. The Morgan fingerprint density at radius 2 is 2.19 bits per heavy atom. The van der Waals surface area contributed by atoms with E-state index in [1.54, 1.807) is 13.2 Å². The van der Waals surface area contributed by atoms with Gasteiger partial charge in [0.1, 0.15) is 11.5 Å². The monoisotopic (exact) mass is 287 g/mol. The Labute approximate surface area is 105 Å². The van der Waals surface area contributed by atoms with E-state index in [-0.39, 0.29) is 0 Å². The zero-order valence-electron chi connectivity index (χ0n) is 9.88. The first-order valence-corrected chi connectivity index (χ1v) is 6.14. The van der Waals surface area contributed by atoms with E-state index in [1.807, 2.05) is 13.1 Å². The average Bonchev–Trinajstić information content (AvgIpc) is 2.28. The summed E-state index contributed by atoms with van der Waals surface area (Å²) >= 11 is 3.34. The molecule has 1 atom stereocenters. The number of likely N-dealkylation sites (N-methyl/N-ethyl adjacent to an activating group) is 1. The van der Waals surface area contributed by atoms with Gasteiger partial charge in [-0.25, -0.2) is 0 Å². The number of methoxy groups -OCH3 is 1. The predicted molar refractivity (Wildman–Crippen MR) is 69.2 cm³/mol. The number of phenolic OH excluding ortho intramolecular Hbond substituents is 1. The third kappa shape index (κ3) is 3.12. The lowest BCUT2D eigenvalue weighted by Gasteiger charge is -2.16. The van der Waals surface area contributed by atoms with Crippen molar-refractivity contribution in [3.63, 3.8) is 0 Å². The van der Waals surface area contributed by atoms with Gasteiger partial charge in [0.05, 0.1) is 11.6 Å². The Balaban J connectivity index is 2.95. The zero-order valence-corrected chi connectivity index (χ0v) is 11.5. The third-order valence-corrected chi connectivity index (χ3v) is 3.34. The Hall–Kier alpha value is -0.740. The SMILES string of the molecule is CCC(Cc1cc(OC)c(Br)cc1O)NC. The molecule has 0 aliphatic rings. The molecule has 1 rings (SSSR count). The molecule has 16 heavy (non-hydrogen) atoms. The number of ether oxygens (including phenoxy) is 1. The fraction of sp³-hybridized carbons (Fsp3) is 0.500. The van der Waals surface area contributed by atoms with Crippen molar-refractivity contribution in [1.82, 2.24) is 5.32 Å². The van der Waals surface area contributed by atoms with Crippen molar-refractivity contribution in [3.05, 3.63) is 22.2 Å². The summed E-state index contributed by atoms with van der Waals surface area (Å²) in [5.41, 5.74) is 0.904. The van der Waals surface area contributed by atoms with Gasteiger partial charge in [0.15, 0.2) is 0 Å². The van der Waals surface area contributed by atoms with Gasteiger partial charge < -0.3 is 15.2 Å². The Morgan fingerprint density at radius 3 is 2.69 bits per heavy atom. The maximum Gasteiger partial charge on any atom is 0.133 e. The first-order chi connectivity index (χ1) is 7.62. The molecule has 0 amide bonds. The summed E-state index contributed by atoms with van der Waals surface area (Å²) in [5.74, 6) is 1.06. The zero-order chi connectivity index (χ0) is 12.1. The van der Waals surface area contributed by atoms with Gasteiger partial charge in [0, 0.05) is 6.04 Å². The molecule has 0 bridgehead atoms. The van der Waals surface area contributed by atoms with Crippen molar-refractivity contribution < 1.29 is 9.84 Å². The summed E-state index contributed by atoms with van der Waals surface area (Å²) in [5, 5.41) is 13.1. The molecule has 0 heterocycles. The molecular weight excluding hydrogens is 270 g/mol. The van der Waals surface area contributed by atoms with Crippen molar-refractivity contribution in [2.75, 3.05) is 14.2 Å². The van der Waals surface area contributed by atoms with Crippen LogP contribution in [0.2, 0.25) is 0 Å². The molecule has 0 aliphatic carbocycles. The molecule has 0 saturated heterocycles. The number of phenols is 1. The van der Waals surface area contributed by atoms with Crippen LogP contribution in [-0.2, 0) is 6.42 Å². The van der Waals surface area contributed by atoms with Gasteiger partial charge in [-0.15, -0.1) is 0 Å². The molecule has 1 aromatic rings. The Kier molecular flexibility index (Phi) is 5.09. The maximum absolute atomic E-state index is 9.84. The minimum absolute atomic E-state index is 0.307. The summed E-state index contributed by atoms with van der Waals surface area (Å²) in [7, 11) is 3.55. The number of halogens is 1. The molecule has 90 valence electrons. The van der Waals surface area contributed by atoms with Crippen LogP contribution in [-0.4, -0.2) is 25.3 Å². The van der Waals surface area contributed by atoms with Crippen molar-refractivity contribution in [1.29, 1.82) is 0 Å². The van der Waals surface area contributed by atoms with Crippen LogP contribution < -0.4 is 10.1 Å². The Bertz CT molecular complexity index is 351. The lowest BCUT2D eigenvalue weighted by molar-refractivity contribution is 0.406. The van der Waals surface area contributed by atoms with Gasteiger partial charge in [0.25, 0.3) is 0 Å². The highest BCUT2D eigenvalue weighted by atomic mass is 79.9. The van der Waals surface area contributed by atoms with Crippen LogP contribution in [0.1, 0.15) is 18.9 Å². The van der Waals surface area contributed by atoms with Crippen molar-refractivity contribution in [2.24, 2.45) is 0 Å². The van der Waals surface area contributed by atoms with Gasteiger partial charge in [-0.05, 0) is 53.5 Å². The maximum atomic E-state index is 9.84. The molecule has 1 aromatic carbocycles. The molecule has 0 aromatic heterocycles. The van der Waals surface area contributed by atoms with Crippen molar-refractivity contribution in [3.8, 4) is 11.5 Å². The van der Waals surface area contributed by atoms with E-state index >= 15 is 0 Å². The van der Waals surface area contributed by atoms with E-state index in [9.17, 15) is 5.11 Å². The summed E-state index contributed by atoms with van der Waals surface area (Å²) in [6.45, 7) is 2.12. The molecule has 2 N–H and O–H groups in total. The smallest absolute Gasteiger partial charge is 0.133 e. The van der Waals surface area contributed by atoms with E-state index in [1.165, 1.54) is 0 Å². The minimum atomic E-state index is 0.307. The van der Waals surface area contributed by atoms with Crippen LogP contribution in [0.5, 0.6) is 11.5 Å². The van der Waals surface area contributed by atoms with Gasteiger partial charge >= 0.3 is 0 Å². The summed E-state index contributed by atoms with van der Waals surface area (Å²) in [4.78, 5) is 0. The van der Waals surface area contributed by atoms with Gasteiger partial charge in [-0.1, -0.05) is 6.92 Å². The fourth-order valence-electron chi connectivity index (χ4n) is 1.62. The van der Waals surface area contributed by atoms with Gasteiger partial charge in [-0.3, -0.25) is 0 Å². The highest BCUT2D eigenvalue weighted by molar-refractivity contribution is 9.10. The number of aromatic hydroxyl groups is 1. The van der Waals surface area contributed by atoms with Crippen LogP contribution in [0.25, 0.3) is 0 Å². The topological polar surface area (TPSA) is 41.5 Å². The van der Waals surface area contributed by atoms with E-state index in [0.29, 0.717) is 11.8 Å². The number of benzene rings is 1. The fourth-order valence-corrected chi connectivity index (χ4v) is 2.11. The first kappa shape index (κ1) is 13.3. The van der Waals surface area contributed by atoms with Crippen LogP contribution in [0.3, 0.4) is 0 Å². The second-order valence-corrected chi connectivity index (χ2v) is 4.57. The number of hydrogen-bond acceptors (Lipinski definition) is 3. The molecule has 0 spiro atoms.